The number of imide groups is 1. The van der Waals surface area contributed by atoms with Crippen molar-refractivity contribution in [2.45, 2.75) is 46.6 Å². The Bertz CT molecular complexity index is 1030. The number of nitrogens with one attached hydrogen (secondary N) is 3. The summed E-state index contributed by atoms with van der Waals surface area (Å²) in [7, 11) is 0. The van der Waals surface area contributed by atoms with Gasteiger partial charge in [0.05, 0.1) is 65.9 Å². The maximum atomic E-state index is 12.6. The lowest BCUT2D eigenvalue weighted by molar-refractivity contribution is -0.135. The third-order valence-electron chi connectivity index (χ3n) is 6.12. The highest BCUT2D eigenvalue weighted by molar-refractivity contribution is 5.96. The number of carbonyl (C=O) groups is 5. The molecule has 3 N–H and O–H groups in total. The molecule has 246 valence electrons. The number of allylic oxidation sites excluding steroid dienone is 1. The molecule has 0 saturated heterocycles. The molecule has 1 atom stereocenters. The van der Waals surface area contributed by atoms with Crippen LogP contribution in [0.25, 0.3) is 0 Å². The van der Waals surface area contributed by atoms with Crippen molar-refractivity contribution in [3.8, 4) is 0 Å². The van der Waals surface area contributed by atoms with Crippen LogP contribution >= 0.6 is 0 Å². The van der Waals surface area contributed by atoms with Crippen molar-refractivity contribution in [3.05, 3.63) is 42.0 Å². The monoisotopic (exact) mass is 620 g/mol. The number of hydrogen-bond acceptors (Lipinski definition) is 9. The van der Waals surface area contributed by atoms with E-state index in [0.29, 0.717) is 51.7 Å². The molecule has 1 aromatic carbocycles. The fourth-order valence-electron chi connectivity index (χ4n) is 3.63. The summed E-state index contributed by atoms with van der Waals surface area (Å²) in [5.74, 6) is -1.70. The van der Waals surface area contributed by atoms with Gasteiger partial charge >= 0.3 is 0 Å². The van der Waals surface area contributed by atoms with Crippen LogP contribution in [-0.4, -0.2) is 107 Å². The van der Waals surface area contributed by atoms with E-state index in [0.717, 1.165) is 16.9 Å². The third kappa shape index (κ3) is 17.5. The van der Waals surface area contributed by atoms with Gasteiger partial charge in [-0.3, -0.25) is 28.9 Å². The topological polar surface area (TPSA) is 162 Å². The molecule has 0 bridgehead atoms. The Balaban J connectivity index is 2.09. The molecule has 0 radical (unpaired) electrons. The van der Waals surface area contributed by atoms with Gasteiger partial charge < -0.3 is 34.9 Å². The van der Waals surface area contributed by atoms with Crippen LogP contribution in [-0.2, 0) is 49.3 Å². The molecule has 0 heterocycles. The maximum Gasteiger partial charge on any atom is 0.252 e. The predicted molar refractivity (Wildman–Crippen MR) is 165 cm³/mol. The smallest absolute Gasteiger partial charge is 0.252 e. The second-order valence-electron chi connectivity index (χ2n) is 9.94. The molecule has 0 aliphatic heterocycles. The van der Waals surface area contributed by atoms with E-state index in [2.05, 4.69) is 16.0 Å². The highest BCUT2D eigenvalue weighted by atomic mass is 16.6. The normalized spacial score (nSPS) is 11.8. The van der Waals surface area contributed by atoms with Crippen molar-refractivity contribution in [3.63, 3.8) is 0 Å². The van der Waals surface area contributed by atoms with Gasteiger partial charge in [-0.05, 0) is 43.0 Å². The second-order valence-corrected chi connectivity index (χ2v) is 9.94. The van der Waals surface area contributed by atoms with Gasteiger partial charge in [0.15, 0.2) is 0 Å². The first-order valence-corrected chi connectivity index (χ1v) is 14.9. The van der Waals surface area contributed by atoms with Crippen molar-refractivity contribution in [1.82, 2.24) is 15.5 Å². The highest BCUT2D eigenvalue weighted by Crippen LogP contribution is 2.09. The zero-order valence-electron chi connectivity index (χ0n) is 26.3. The third-order valence-corrected chi connectivity index (χ3v) is 6.12. The first-order valence-electron chi connectivity index (χ1n) is 14.9. The Kier molecular flexibility index (Phi) is 20.7. The van der Waals surface area contributed by atoms with Gasteiger partial charge in [-0.2, -0.15) is 0 Å². The van der Waals surface area contributed by atoms with Crippen LogP contribution < -0.4 is 16.0 Å². The molecule has 1 unspecified atom stereocenters. The van der Waals surface area contributed by atoms with Crippen LogP contribution in [0.4, 0.5) is 5.69 Å². The minimum Gasteiger partial charge on any atom is -0.379 e. The molecule has 0 spiro atoms. The standard InChI is InChI=1S/C31H48N4O9/c1-5-7-29(39)35(23-36)13-15-42-17-19-44-21-20-43-18-16-41-14-12-27(37)34-30(24(3)4)31(40)32-22-28(38)33-26-10-8-25(6-2)9-11-26/h5,7-11,23-24,30H,6,12-22H2,1-4H3,(H,32,40)(H,33,38)(H,34,37)/b7-5-. The molecule has 13 heteroatoms. The quantitative estimate of drug-likeness (QED) is 0.0883. The molecule has 0 fully saturated rings. The van der Waals surface area contributed by atoms with Crippen LogP contribution in [0.5, 0.6) is 0 Å². The molecule has 0 aliphatic rings. The average Bonchev–Trinajstić information content (AvgIpc) is 3.01. The van der Waals surface area contributed by atoms with E-state index in [1.54, 1.807) is 13.0 Å². The van der Waals surface area contributed by atoms with Gasteiger partial charge in [0.2, 0.25) is 24.1 Å². The Hall–Kier alpha value is -3.65. The fourth-order valence-corrected chi connectivity index (χ4v) is 3.63. The SMILES string of the molecule is C/C=C\C(=O)N(C=O)CCOCCOCCOCCOCCC(=O)NC(C(=O)NCC(=O)Nc1ccc(CC)cc1)C(C)C. The number of carbonyl (C=O) groups excluding carboxylic acids is 5. The lowest BCUT2D eigenvalue weighted by Gasteiger charge is -2.21. The Morgan fingerprint density at radius 2 is 1.41 bits per heavy atom. The highest BCUT2D eigenvalue weighted by Gasteiger charge is 2.24. The zero-order valence-corrected chi connectivity index (χ0v) is 26.3. The average molecular weight is 621 g/mol. The fraction of sp³-hybridized carbons (Fsp3) is 0.581. The predicted octanol–water partition coefficient (Wildman–Crippen LogP) is 1.46. The summed E-state index contributed by atoms with van der Waals surface area (Å²) in [4.78, 5) is 60.7. The van der Waals surface area contributed by atoms with Gasteiger partial charge in [-0.1, -0.05) is 39.0 Å². The number of nitrogens with zero attached hydrogens (tertiary/aromatic N) is 1. The molecule has 1 aromatic rings. The number of hydrogen-bond donors (Lipinski definition) is 3. The Labute approximate surface area is 260 Å². The van der Waals surface area contributed by atoms with Crippen molar-refractivity contribution in [2.75, 3.05) is 71.3 Å². The van der Waals surface area contributed by atoms with E-state index < -0.39 is 11.9 Å². The first kappa shape index (κ1) is 38.4. The van der Waals surface area contributed by atoms with Gasteiger partial charge in [-0.25, -0.2) is 0 Å². The van der Waals surface area contributed by atoms with E-state index in [1.807, 2.05) is 45.0 Å². The van der Waals surface area contributed by atoms with Crippen molar-refractivity contribution in [1.29, 1.82) is 0 Å². The van der Waals surface area contributed by atoms with Crippen LogP contribution in [0.1, 0.15) is 39.7 Å². The summed E-state index contributed by atoms with van der Waals surface area (Å²) in [5.41, 5.74) is 1.80. The Morgan fingerprint density at radius 3 is 1.93 bits per heavy atom. The number of ether oxygens (including phenoxy) is 4. The molecule has 5 amide bonds. The lowest BCUT2D eigenvalue weighted by atomic mass is 10.0. The molecular formula is C31H48N4O9. The number of amides is 5. The summed E-state index contributed by atoms with van der Waals surface area (Å²) >= 11 is 0. The van der Waals surface area contributed by atoms with Crippen LogP contribution in [0.2, 0.25) is 0 Å². The van der Waals surface area contributed by atoms with E-state index >= 15 is 0 Å². The van der Waals surface area contributed by atoms with Gasteiger partial charge in [0.1, 0.15) is 6.04 Å². The van der Waals surface area contributed by atoms with E-state index in [9.17, 15) is 24.0 Å². The zero-order chi connectivity index (χ0) is 32.6. The summed E-state index contributed by atoms with van der Waals surface area (Å²) < 4.78 is 21.6. The molecule has 0 aromatic heterocycles. The summed E-state index contributed by atoms with van der Waals surface area (Å²) in [6.07, 6.45) is 4.32. The minimum atomic E-state index is -0.786. The van der Waals surface area contributed by atoms with Gasteiger partial charge in [-0.15, -0.1) is 0 Å². The number of anilines is 1. The minimum absolute atomic E-state index is 0.0714. The number of aryl methyl sites for hydroxylation is 1. The first-order chi connectivity index (χ1) is 21.2. The van der Waals surface area contributed by atoms with Gasteiger partial charge in [0, 0.05) is 12.1 Å². The summed E-state index contributed by atoms with van der Waals surface area (Å²) in [6, 6.07) is 6.70. The van der Waals surface area contributed by atoms with Gasteiger partial charge in [0.25, 0.3) is 5.91 Å². The van der Waals surface area contributed by atoms with Crippen LogP contribution in [0.3, 0.4) is 0 Å². The molecule has 1 rings (SSSR count). The summed E-state index contributed by atoms with van der Waals surface area (Å²) in [6.45, 7) is 9.69. The van der Waals surface area contributed by atoms with Crippen molar-refractivity contribution in [2.24, 2.45) is 5.92 Å². The van der Waals surface area contributed by atoms with E-state index in [1.165, 1.54) is 6.08 Å². The molecule has 0 aliphatic carbocycles. The number of benzene rings is 1. The summed E-state index contributed by atoms with van der Waals surface area (Å²) in [5, 5.41) is 8.03. The van der Waals surface area contributed by atoms with Crippen LogP contribution in [0.15, 0.2) is 36.4 Å². The lowest BCUT2D eigenvalue weighted by Crippen LogP contribution is -2.51. The molecule has 13 nitrogen and oxygen atoms in total. The maximum absolute atomic E-state index is 12.6. The molecule has 0 saturated carbocycles. The van der Waals surface area contributed by atoms with E-state index in [4.69, 9.17) is 18.9 Å². The largest absolute Gasteiger partial charge is 0.379 e. The van der Waals surface area contributed by atoms with E-state index in [-0.39, 0.29) is 56.4 Å². The second kappa shape index (κ2) is 23.8. The number of rotatable bonds is 24. The molecule has 44 heavy (non-hydrogen) atoms. The molecular weight excluding hydrogens is 572 g/mol. The van der Waals surface area contributed by atoms with Crippen molar-refractivity contribution < 1.29 is 42.9 Å². The van der Waals surface area contributed by atoms with Crippen molar-refractivity contribution >= 4 is 35.7 Å². The Morgan fingerprint density at radius 1 is 0.841 bits per heavy atom. The van der Waals surface area contributed by atoms with Crippen LogP contribution in [0, 0.1) is 5.92 Å².